The van der Waals surface area contributed by atoms with Crippen molar-refractivity contribution >= 4 is 0 Å². The van der Waals surface area contributed by atoms with Crippen molar-refractivity contribution in [2.75, 3.05) is 13.1 Å². The molecule has 1 aromatic rings. The van der Waals surface area contributed by atoms with Crippen LogP contribution in [0.5, 0.6) is 0 Å². The molecule has 0 aromatic heterocycles. The summed E-state index contributed by atoms with van der Waals surface area (Å²) in [6.07, 6.45) is 5.33. The van der Waals surface area contributed by atoms with Crippen molar-refractivity contribution in [3.8, 4) is 0 Å². The maximum atomic E-state index is 6.44. The third-order valence-corrected chi connectivity index (χ3v) is 4.22. The minimum Gasteiger partial charge on any atom is -0.364 e. The van der Waals surface area contributed by atoms with Crippen LogP contribution in [-0.2, 0) is 4.74 Å². The van der Waals surface area contributed by atoms with E-state index in [1.807, 2.05) is 0 Å². The van der Waals surface area contributed by atoms with Crippen molar-refractivity contribution in [2.45, 2.75) is 44.3 Å². The van der Waals surface area contributed by atoms with Gasteiger partial charge in [0.1, 0.15) is 0 Å². The smallest absolute Gasteiger partial charge is 0.0959 e. The van der Waals surface area contributed by atoms with Crippen LogP contribution in [0.1, 0.15) is 42.9 Å². The fourth-order valence-electron chi connectivity index (χ4n) is 3.25. The van der Waals surface area contributed by atoms with Gasteiger partial charge in [-0.3, -0.25) is 0 Å². The molecule has 17 heavy (non-hydrogen) atoms. The molecule has 1 heterocycles. The van der Waals surface area contributed by atoms with Gasteiger partial charge in [0.25, 0.3) is 0 Å². The normalized spacial score (nSPS) is 27.5. The van der Waals surface area contributed by atoms with E-state index in [-0.39, 0.29) is 11.7 Å². The molecule has 1 aromatic carbocycles. The van der Waals surface area contributed by atoms with Gasteiger partial charge in [0, 0.05) is 13.1 Å². The lowest BCUT2D eigenvalue weighted by molar-refractivity contribution is -0.114. The summed E-state index contributed by atoms with van der Waals surface area (Å²) in [5.41, 5.74) is 2.82. The maximum absolute atomic E-state index is 6.44. The van der Waals surface area contributed by atoms with Gasteiger partial charge in [0.15, 0.2) is 0 Å². The van der Waals surface area contributed by atoms with Crippen LogP contribution < -0.4 is 5.32 Å². The van der Waals surface area contributed by atoms with Gasteiger partial charge in [-0.2, -0.15) is 0 Å². The first-order chi connectivity index (χ1) is 8.29. The van der Waals surface area contributed by atoms with Crippen LogP contribution in [-0.4, -0.2) is 18.7 Å². The van der Waals surface area contributed by atoms with Gasteiger partial charge in [0.05, 0.1) is 11.7 Å². The zero-order valence-corrected chi connectivity index (χ0v) is 10.5. The molecule has 1 saturated heterocycles. The quantitative estimate of drug-likeness (QED) is 0.802. The van der Waals surface area contributed by atoms with Crippen LogP contribution in [0.2, 0.25) is 0 Å². The Morgan fingerprint density at radius 3 is 2.76 bits per heavy atom. The van der Waals surface area contributed by atoms with Crippen molar-refractivity contribution < 1.29 is 4.74 Å². The summed E-state index contributed by atoms with van der Waals surface area (Å²) in [7, 11) is 0. The Morgan fingerprint density at radius 2 is 2.00 bits per heavy atom. The van der Waals surface area contributed by atoms with Gasteiger partial charge in [-0.05, 0) is 30.9 Å². The zero-order valence-electron chi connectivity index (χ0n) is 10.5. The number of hydrogen-bond acceptors (Lipinski definition) is 2. The molecule has 2 fully saturated rings. The van der Waals surface area contributed by atoms with Crippen molar-refractivity contribution in [1.29, 1.82) is 0 Å². The lowest BCUT2D eigenvalue weighted by atomic mass is 9.96. The highest BCUT2D eigenvalue weighted by Crippen LogP contribution is 2.39. The molecule has 2 nitrogen and oxygen atoms in total. The van der Waals surface area contributed by atoms with E-state index in [1.54, 1.807) is 0 Å². The Bertz CT molecular complexity index is 396. The van der Waals surface area contributed by atoms with Gasteiger partial charge < -0.3 is 10.1 Å². The largest absolute Gasteiger partial charge is 0.364 e. The summed E-state index contributed by atoms with van der Waals surface area (Å²) < 4.78 is 6.44. The first-order valence-corrected chi connectivity index (χ1v) is 6.73. The number of nitrogens with one attached hydrogen (secondary N) is 1. The number of ether oxygens (including phenoxy) is 1. The van der Waals surface area contributed by atoms with E-state index >= 15 is 0 Å². The van der Waals surface area contributed by atoms with Crippen molar-refractivity contribution in [3.63, 3.8) is 0 Å². The average Bonchev–Trinajstić information content (AvgIpc) is 2.78. The van der Waals surface area contributed by atoms with E-state index in [0.717, 1.165) is 13.1 Å². The molecule has 1 N–H and O–H groups in total. The van der Waals surface area contributed by atoms with Gasteiger partial charge in [-0.25, -0.2) is 0 Å². The molecular formula is C15H21NO. The lowest BCUT2D eigenvalue weighted by Gasteiger charge is -2.39. The summed E-state index contributed by atoms with van der Waals surface area (Å²) in [5.74, 6) is 0. The first-order valence-electron chi connectivity index (χ1n) is 6.73. The average molecular weight is 231 g/mol. The van der Waals surface area contributed by atoms with Crippen LogP contribution in [0, 0.1) is 6.92 Å². The highest BCUT2D eigenvalue weighted by Gasteiger charge is 2.40. The standard InChI is InChI=1S/C15H21NO/c1-12-6-2-3-7-13(12)14-10-16-11-15(17-14)8-4-5-9-15/h2-3,6-7,14,16H,4-5,8-11H2,1H3. The molecule has 1 atom stereocenters. The summed E-state index contributed by atoms with van der Waals surface area (Å²) in [5, 5.41) is 3.57. The molecule has 92 valence electrons. The number of aryl methyl sites for hydroxylation is 1. The van der Waals surface area contributed by atoms with Crippen LogP contribution in [0.15, 0.2) is 24.3 Å². The fourth-order valence-corrected chi connectivity index (χ4v) is 3.25. The molecule has 0 amide bonds. The SMILES string of the molecule is Cc1ccccc1C1CNCC2(CCCC2)O1. The van der Waals surface area contributed by atoms with E-state index in [0.29, 0.717) is 0 Å². The maximum Gasteiger partial charge on any atom is 0.0959 e. The monoisotopic (exact) mass is 231 g/mol. The Balaban J connectivity index is 1.82. The van der Waals surface area contributed by atoms with Crippen molar-refractivity contribution in [1.82, 2.24) is 5.32 Å². The number of rotatable bonds is 1. The summed E-state index contributed by atoms with van der Waals surface area (Å²) in [6.45, 7) is 4.16. The highest BCUT2D eigenvalue weighted by atomic mass is 16.5. The Labute approximate surface area is 103 Å². The van der Waals surface area contributed by atoms with Gasteiger partial charge in [0.2, 0.25) is 0 Å². The fraction of sp³-hybridized carbons (Fsp3) is 0.600. The second-order valence-electron chi connectivity index (χ2n) is 5.48. The van der Waals surface area contributed by atoms with E-state index in [2.05, 4.69) is 36.5 Å². The molecule has 1 unspecified atom stereocenters. The second kappa shape index (κ2) is 4.43. The first kappa shape index (κ1) is 11.2. The minimum atomic E-state index is 0.130. The van der Waals surface area contributed by atoms with Gasteiger partial charge in [-0.1, -0.05) is 37.1 Å². The Hall–Kier alpha value is -0.860. The Kier molecular flexibility index (Phi) is 2.93. The molecule has 2 heteroatoms. The molecule has 1 spiro atoms. The van der Waals surface area contributed by atoms with Crippen LogP contribution in [0.25, 0.3) is 0 Å². The summed E-state index contributed by atoms with van der Waals surface area (Å²) >= 11 is 0. The molecule has 3 rings (SSSR count). The van der Waals surface area contributed by atoms with E-state index in [9.17, 15) is 0 Å². The minimum absolute atomic E-state index is 0.130. The second-order valence-corrected chi connectivity index (χ2v) is 5.48. The molecule has 0 bridgehead atoms. The van der Waals surface area contributed by atoms with Crippen LogP contribution in [0.4, 0.5) is 0 Å². The predicted molar refractivity (Wildman–Crippen MR) is 69.1 cm³/mol. The number of hydrogen-bond donors (Lipinski definition) is 1. The molecule has 0 radical (unpaired) electrons. The zero-order chi connectivity index (χ0) is 11.7. The molecule has 1 aliphatic carbocycles. The molecule has 2 aliphatic rings. The van der Waals surface area contributed by atoms with Gasteiger partial charge in [-0.15, -0.1) is 0 Å². The molecule has 1 saturated carbocycles. The third kappa shape index (κ3) is 2.12. The molecular weight excluding hydrogens is 210 g/mol. The van der Waals surface area contributed by atoms with Crippen molar-refractivity contribution in [3.05, 3.63) is 35.4 Å². The van der Waals surface area contributed by atoms with E-state index < -0.39 is 0 Å². The molecule has 1 aliphatic heterocycles. The Morgan fingerprint density at radius 1 is 1.24 bits per heavy atom. The third-order valence-electron chi connectivity index (χ3n) is 4.22. The van der Waals surface area contributed by atoms with Crippen LogP contribution in [0.3, 0.4) is 0 Å². The number of benzene rings is 1. The topological polar surface area (TPSA) is 21.3 Å². The lowest BCUT2D eigenvalue weighted by Crippen LogP contribution is -2.49. The predicted octanol–water partition coefficient (Wildman–Crippen LogP) is 2.97. The van der Waals surface area contributed by atoms with Gasteiger partial charge >= 0.3 is 0 Å². The van der Waals surface area contributed by atoms with Crippen LogP contribution >= 0.6 is 0 Å². The summed E-state index contributed by atoms with van der Waals surface area (Å²) in [6, 6.07) is 8.59. The highest BCUT2D eigenvalue weighted by molar-refractivity contribution is 5.28. The summed E-state index contributed by atoms with van der Waals surface area (Å²) in [4.78, 5) is 0. The van der Waals surface area contributed by atoms with E-state index in [1.165, 1.54) is 36.8 Å². The number of morpholine rings is 1. The van der Waals surface area contributed by atoms with Crippen molar-refractivity contribution in [2.24, 2.45) is 0 Å². The van der Waals surface area contributed by atoms with E-state index in [4.69, 9.17) is 4.74 Å².